The van der Waals surface area contributed by atoms with Gasteiger partial charge in [0.15, 0.2) is 5.82 Å². The van der Waals surface area contributed by atoms with Gasteiger partial charge >= 0.3 is 5.97 Å². The summed E-state index contributed by atoms with van der Waals surface area (Å²) >= 11 is 0. The lowest BCUT2D eigenvalue weighted by molar-refractivity contribution is -0.151. The van der Waals surface area contributed by atoms with Crippen LogP contribution in [0.4, 0.5) is 0 Å². The molecular weight excluding hydrogens is 256 g/mol. The molecule has 0 aromatic carbocycles. The summed E-state index contributed by atoms with van der Waals surface area (Å²) in [4.78, 5) is 16.7. The summed E-state index contributed by atoms with van der Waals surface area (Å²) < 4.78 is 10.5. The Labute approximate surface area is 121 Å². The van der Waals surface area contributed by atoms with E-state index < -0.39 is 5.41 Å². The molecule has 5 heteroatoms. The second-order valence-corrected chi connectivity index (χ2v) is 5.46. The van der Waals surface area contributed by atoms with Crippen molar-refractivity contribution in [2.45, 2.75) is 65.7 Å². The van der Waals surface area contributed by atoms with Crippen molar-refractivity contribution >= 4 is 5.97 Å². The van der Waals surface area contributed by atoms with Crippen LogP contribution in [0.15, 0.2) is 4.52 Å². The van der Waals surface area contributed by atoms with E-state index in [-0.39, 0.29) is 5.97 Å². The van der Waals surface area contributed by atoms with Crippen LogP contribution in [0.3, 0.4) is 0 Å². The van der Waals surface area contributed by atoms with Gasteiger partial charge in [0.25, 0.3) is 0 Å². The Hall–Kier alpha value is -1.39. The standard InChI is InChI=1S/C15H26N2O3/c1-6-15(7-2,14(18)19-8-3)13-16-12(17-20-13)10-9-11(4)5/h11H,6-10H2,1-5H3. The number of aromatic nitrogens is 2. The number of rotatable bonds is 8. The second-order valence-electron chi connectivity index (χ2n) is 5.46. The van der Waals surface area contributed by atoms with Crippen LogP contribution in [0.5, 0.6) is 0 Å². The summed E-state index contributed by atoms with van der Waals surface area (Å²) in [6.07, 6.45) is 2.96. The molecular formula is C15H26N2O3. The van der Waals surface area contributed by atoms with E-state index in [1.165, 1.54) is 0 Å². The maximum Gasteiger partial charge on any atom is 0.321 e. The summed E-state index contributed by atoms with van der Waals surface area (Å²) in [5, 5.41) is 4.00. The molecule has 0 unspecified atom stereocenters. The molecule has 0 aliphatic rings. The first kappa shape index (κ1) is 16.7. The summed E-state index contributed by atoms with van der Waals surface area (Å²) in [5.41, 5.74) is -0.806. The Kier molecular flexibility index (Phi) is 6.17. The molecule has 114 valence electrons. The van der Waals surface area contributed by atoms with Gasteiger partial charge in [-0.25, -0.2) is 0 Å². The molecule has 1 aromatic rings. The van der Waals surface area contributed by atoms with Gasteiger partial charge in [0.1, 0.15) is 5.41 Å². The highest BCUT2D eigenvalue weighted by Gasteiger charge is 2.43. The van der Waals surface area contributed by atoms with Gasteiger partial charge in [0, 0.05) is 6.42 Å². The average molecular weight is 282 g/mol. The van der Waals surface area contributed by atoms with E-state index in [0.29, 0.717) is 37.1 Å². The van der Waals surface area contributed by atoms with Crippen LogP contribution in [-0.2, 0) is 21.4 Å². The minimum absolute atomic E-state index is 0.274. The summed E-state index contributed by atoms with van der Waals surface area (Å²) in [7, 11) is 0. The zero-order valence-corrected chi connectivity index (χ0v) is 13.2. The molecule has 0 radical (unpaired) electrons. The number of hydrogen-bond donors (Lipinski definition) is 0. The van der Waals surface area contributed by atoms with E-state index in [9.17, 15) is 4.79 Å². The zero-order chi connectivity index (χ0) is 15.2. The monoisotopic (exact) mass is 282 g/mol. The van der Waals surface area contributed by atoms with Crippen LogP contribution in [0.1, 0.15) is 65.6 Å². The van der Waals surface area contributed by atoms with Crippen molar-refractivity contribution in [2.75, 3.05) is 6.61 Å². The minimum Gasteiger partial charge on any atom is -0.465 e. The fourth-order valence-electron chi connectivity index (χ4n) is 2.17. The highest BCUT2D eigenvalue weighted by atomic mass is 16.5. The largest absolute Gasteiger partial charge is 0.465 e. The molecule has 1 rings (SSSR count). The first-order valence-corrected chi connectivity index (χ1v) is 7.50. The van der Waals surface area contributed by atoms with Gasteiger partial charge in [-0.15, -0.1) is 0 Å². The van der Waals surface area contributed by atoms with Gasteiger partial charge in [0.2, 0.25) is 5.89 Å². The predicted octanol–water partition coefficient (Wildman–Crippen LogP) is 3.28. The van der Waals surface area contributed by atoms with E-state index in [0.717, 1.165) is 12.8 Å². The second kappa shape index (κ2) is 7.41. The fourth-order valence-corrected chi connectivity index (χ4v) is 2.17. The number of ether oxygens (including phenoxy) is 1. The van der Waals surface area contributed by atoms with Gasteiger partial charge in [-0.2, -0.15) is 4.98 Å². The summed E-state index contributed by atoms with van der Waals surface area (Å²) in [6, 6.07) is 0. The molecule has 0 saturated carbocycles. The number of carbonyl (C=O) groups is 1. The molecule has 0 saturated heterocycles. The summed E-state index contributed by atoms with van der Waals surface area (Å²) in [5.74, 6) is 1.37. The third-order valence-electron chi connectivity index (χ3n) is 3.70. The highest BCUT2D eigenvalue weighted by molar-refractivity contribution is 5.81. The lowest BCUT2D eigenvalue weighted by atomic mass is 9.82. The molecule has 0 amide bonds. The van der Waals surface area contributed by atoms with Gasteiger partial charge in [-0.3, -0.25) is 4.79 Å². The average Bonchev–Trinajstić information content (AvgIpc) is 2.88. The summed E-state index contributed by atoms with van der Waals surface area (Å²) in [6.45, 7) is 10.4. The molecule has 0 spiro atoms. The molecule has 0 N–H and O–H groups in total. The SMILES string of the molecule is CCOC(=O)C(CC)(CC)c1nc(CCC(C)C)no1. The maximum atomic E-state index is 12.3. The van der Waals surface area contributed by atoms with Gasteiger partial charge in [-0.05, 0) is 32.1 Å². The van der Waals surface area contributed by atoms with Crippen LogP contribution in [0.2, 0.25) is 0 Å². The van der Waals surface area contributed by atoms with E-state index in [2.05, 4.69) is 24.0 Å². The van der Waals surface area contributed by atoms with Crippen LogP contribution < -0.4 is 0 Å². The molecule has 5 nitrogen and oxygen atoms in total. The van der Waals surface area contributed by atoms with Crippen molar-refractivity contribution in [1.82, 2.24) is 10.1 Å². The van der Waals surface area contributed by atoms with Gasteiger partial charge in [-0.1, -0.05) is 32.9 Å². The Morgan fingerprint density at radius 3 is 2.45 bits per heavy atom. The van der Waals surface area contributed by atoms with Crippen molar-refractivity contribution < 1.29 is 14.1 Å². The van der Waals surface area contributed by atoms with Crippen LogP contribution >= 0.6 is 0 Å². The number of carbonyl (C=O) groups excluding carboxylic acids is 1. The zero-order valence-electron chi connectivity index (χ0n) is 13.2. The molecule has 20 heavy (non-hydrogen) atoms. The first-order valence-electron chi connectivity index (χ1n) is 7.50. The van der Waals surface area contributed by atoms with Crippen molar-refractivity contribution in [1.29, 1.82) is 0 Å². The number of hydrogen-bond acceptors (Lipinski definition) is 5. The molecule has 1 heterocycles. The topological polar surface area (TPSA) is 65.2 Å². The molecule has 0 atom stereocenters. The fraction of sp³-hybridized carbons (Fsp3) is 0.800. The quantitative estimate of drug-likeness (QED) is 0.685. The number of nitrogens with zero attached hydrogens (tertiary/aromatic N) is 2. The Bertz CT molecular complexity index is 423. The Morgan fingerprint density at radius 2 is 1.95 bits per heavy atom. The number of esters is 1. The van der Waals surface area contributed by atoms with Crippen molar-refractivity contribution in [3.05, 3.63) is 11.7 Å². The van der Waals surface area contributed by atoms with Crippen molar-refractivity contribution in [3.63, 3.8) is 0 Å². The third-order valence-corrected chi connectivity index (χ3v) is 3.70. The number of aryl methyl sites for hydroxylation is 1. The van der Waals surface area contributed by atoms with Crippen LogP contribution in [0.25, 0.3) is 0 Å². The molecule has 0 aliphatic heterocycles. The molecule has 0 aliphatic carbocycles. The highest BCUT2D eigenvalue weighted by Crippen LogP contribution is 2.32. The van der Waals surface area contributed by atoms with Crippen LogP contribution in [0, 0.1) is 5.92 Å². The van der Waals surface area contributed by atoms with Gasteiger partial charge in [0.05, 0.1) is 6.61 Å². The smallest absolute Gasteiger partial charge is 0.321 e. The minimum atomic E-state index is -0.806. The predicted molar refractivity (Wildman–Crippen MR) is 76.4 cm³/mol. The third kappa shape index (κ3) is 3.58. The van der Waals surface area contributed by atoms with E-state index in [1.807, 2.05) is 13.8 Å². The molecule has 1 aromatic heterocycles. The van der Waals surface area contributed by atoms with Crippen molar-refractivity contribution in [3.8, 4) is 0 Å². The lowest BCUT2D eigenvalue weighted by Gasteiger charge is -2.24. The van der Waals surface area contributed by atoms with E-state index in [1.54, 1.807) is 6.92 Å². The van der Waals surface area contributed by atoms with E-state index >= 15 is 0 Å². The first-order chi connectivity index (χ1) is 9.50. The lowest BCUT2D eigenvalue weighted by Crippen LogP contribution is -2.36. The van der Waals surface area contributed by atoms with E-state index in [4.69, 9.17) is 9.26 Å². The molecule has 0 fully saturated rings. The Balaban J connectivity index is 2.95. The van der Waals surface area contributed by atoms with Crippen LogP contribution in [-0.4, -0.2) is 22.7 Å². The maximum absolute atomic E-state index is 12.3. The van der Waals surface area contributed by atoms with Gasteiger partial charge < -0.3 is 9.26 Å². The normalized spacial score (nSPS) is 11.9. The van der Waals surface area contributed by atoms with Crippen molar-refractivity contribution in [2.24, 2.45) is 5.92 Å². The Morgan fingerprint density at radius 1 is 1.30 bits per heavy atom. The molecule has 0 bridgehead atoms.